The van der Waals surface area contributed by atoms with Crippen LogP contribution < -0.4 is 4.90 Å². The Kier molecular flexibility index (Phi) is 3.71. The summed E-state index contributed by atoms with van der Waals surface area (Å²) < 4.78 is 11.0. The van der Waals surface area contributed by atoms with Crippen molar-refractivity contribution >= 4 is 5.82 Å². The van der Waals surface area contributed by atoms with Gasteiger partial charge in [0.25, 0.3) is 0 Å². The lowest BCUT2D eigenvalue weighted by atomic mass is 10.1. The van der Waals surface area contributed by atoms with Gasteiger partial charge in [-0.15, -0.1) is 5.10 Å². The van der Waals surface area contributed by atoms with Crippen LogP contribution in [0.3, 0.4) is 0 Å². The van der Waals surface area contributed by atoms with Gasteiger partial charge in [-0.25, -0.2) is 0 Å². The Morgan fingerprint density at radius 1 is 1.24 bits per heavy atom. The van der Waals surface area contributed by atoms with Crippen LogP contribution in [-0.2, 0) is 24.3 Å². The standard InChI is InChI=1S/C18H23N5O2/c1-22(10-16-14-11-24-7-6-17(14)25-21-16)13-8-23(9-13)18-5-4-15(19-20-18)12-2-3-12/h4-5,12-13H,2-3,6-11H2,1H3. The monoisotopic (exact) mass is 341 g/mol. The van der Waals surface area contributed by atoms with E-state index in [1.54, 1.807) is 0 Å². The summed E-state index contributed by atoms with van der Waals surface area (Å²) in [5, 5.41) is 13.0. The van der Waals surface area contributed by atoms with E-state index in [0.29, 0.717) is 18.6 Å². The third-order valence-electron chi connectivity index (χ3n) is 5.55. The Morgan fingerprint density at radius 2 is 2.12 bits per heavy atom. The zero-order chi connectivity index (χ0) is 16.8. The molecule has 1 saturated heterocycles. The lowest BCUT2D eigenvalue weighted by Gasteiger charge is -2.44. The zero-order valence-electron chi connectivity index (χ0n) is 14.5. The van der Waals surface area contributed by atoms with E-state index in [-0.39, 0.29) is 0 Å². The third-order valence-corrected chi connectivity index (χ3v) is 5.55. The van der Waals surface area contributed by atoms with Crippen molar-refractivity contribution in [3.05, 3.63) is 34.8 Å². The van der Waals surface area contributed by atoms with Gasteiger partial charge in [0.1, 0.15) is 11.5 Å². The van der Waals surface area contributed by atoms with Gasteiger partial charge in [-0.05, 0) is 32.0 Å². The molecule has 2 aliphatic heterocycles. The van der Waals surface area contributed by atoms with Crippen molar-refractivity contribution in [2.45, 2.75) is 44.4 Å². The molecule has 0 radical (unpaired) electrons. The Balaban J connectivity index is 1.18. The zero-order valence-corrected chi connectivity index (χ0v) is 14.5. The summed E-state index contributed by atoms with van der Waals surface area (Å²) in [7, 11) is 2.15. The molecule has 25 heavy (non-hydrogen) atoms. The van der Waals surface area contributed by atoms with Gasteiger partial charge in [0.2, 0.25) is 0 Å². The average Bonchev–Trinajstić information content (AvgIpc) is 3.37. The number of ether oxygens (including phenoxy) is 1. The van der Waals surface area contributed by atoms with Gasteiger partial charge in [-0.1, -0.05) is 5.16 Å². The molecule has 5 rings (SSSR count). The van der Waals surface area contributed by atoms with Gasteiger partial charge >= 0.3 is 0 Å². The number of fused-ring (bicyclic) bond motifs is 1. The molecule has 2 aromatic heterocycles. The molecule has 3 aliphatic rings. The molecule has 0 bridgehead atoms. The van der Waals surface area contributed by atoms with Crippen LogP contribution in [-0.4, -0.2) is 53.0 Å². The quantitative estimate of drug-likeness (QED) is 0.820. The largest absolute Gasteiger partial charge is 0.376 e. The molecular weight excluding hydrogens is 318 g/mol. The minimum Gasteiger partial charge on any atom is -0.376 e. The SMILES string of the molecule is CN(Cc1noc2c1COCC2)C1CN(c2ccc(C3CC3)nn2)C1. The van der Waals surface area contributed by atoms with Gasteiger partial charge < -0.3 is 14.2 Å². The van der Waals surface area contributed by atoms with Gasteiger partial charge in [0, 0.05) is 43.6 Å². The van der Waals surface area contributed by atoms with Gasteiger partial charge in [0.05, 0.1) is 18.9 Å². The normalized spacial score (nSPS) is 20.6. The van der Waals surface area contributed by atoms with Gasteiger partial charge in [-0.3, -0.25) is 4.90 Å². The van der Waals surface area contributed by atoms with Gasteiger partial charge in [-0.2, -0.15) is 5.10 Å². The number of hydrogen-bond donors (Lipinski definition) is 0. The predicted octanol–water partition coefficient (Wildman–Crippen LogP) is 1.74. The van der Waals surface area contributed by atoms with E-state index in [9.17, 15) is 0 Å². The second kappa shape index (κ2) is 6.07. The summed E-state index contributed by atoms with van der Waals surface area (Å²) in [5.74, 6) is 2.64. The second-order valence-corrected chi connectivity index (χ2v) is 7.40. The Labute approximate surface area is 146 Å². The Bertz CT molecular complexity index is 749. The maximum Gasteiger partial charge on any atom is 0.151 e. The van der Waals surface area contributed by atoms with Crippen LogP contribution in [0, 0.1) is 0 Å². The lowest BCUT2D eigenvalue weighted by Crippen LogP contribution is -2.58. The second-order valence-electron chi connectivity index (χ2n) is 7.40. The molecule has 1 saturated carbocycles. The third kappa shape index (κ3) is 2.91. The maximum atomic E-state index is 5.54. The molecule has 7 heteroatoms. The highest BCUT2D eigenvalue weighted by atomic mass is 16.5. The molecule has 0 N–H and O–H groups in total. The first-order chi connectivity index (χ1) is 12.3. The van der Waals surface area contributed by atoms with Crippen molar-refractivity contribution < 1.29 is 9.26 Å². The molecule has 0 spiro atoms. The fourth-order valence-corrected chi connectivity index (χ4v) is 3.59. The Morgan fingerprint density at radius 3 is 2.88 bits per heavy atom. The number of rotatable bonds is 5. The van der Waals surface area contributed by atoms with Crippen LogP contribution >= 0.6 is 0 Å². The summed E-state index contributed by atoms with van der Waals surface area (Å²) in [5.41, 5.74) is 3.32. The lowest BCUT2D eigenvalue weighted by molar-refractivity contribution is 0.102. The van der Waals surface area contributed by atoms with Gasteiger partial charge in [0.15, 0.2) is 5.82 Å². The van der Waals surface area contributed by atoms with E-state index in [0.717, 1.165) is 61.2 Å². The number of likely N-dealkylation sites (N-methyl/N-ethyl adjacent to an activating group) is 1. The molecule has 132 valence electrons. The molecule has 0 amide bonds. The fraction of sp³-hybridized carbons (Fsp3) is 0.611. The van der Waals surface area contributed by atoms with Crippen molar-refractivity contribution in [2.24, 2.45) is 0 Å². The van der Waals surface area contributed by atoms with E-state index >= 15 is 0 Å². The molecule has 1 aliphatic carbocycles. The molecule has 0 aromatic carbocycles. The Hall–Kier alpha value is -1.99. The highest BCUT2D eigenvalue weighted by molar-refractivity contribution is 5.42. The smallest absolute Gasteiger partial charge is 0.151 e. The topological polar surface area (TPSA) is 67.5 Å². The number of anilines is 1. The van der Waals surface area contributed by atoms with Crippen LogP contribution in [0.2, 0.25) is 0 Å². The average molecular weight is 341 g/mol. The van der Waals surface area contributed by atoms with Crippen LogP contribution in [0.15, 0.2) is 16.7 Å². The predicted molar refractivity (Wildman–Crippen MR) is 91.3 cm³/mol. The molecule has 0 atom stereocenters. The van der Waals surface area contributed by atoms with Crippen LogP contribution in [0.4, 0.5) is 5.82 Å². The van der Waals surface area contributed by atoms with E-state index in [1.165, 1.54) is 12.8 Å². The summed E-state index contributed by atoms with van der Waals surface area (Å²) >= 11 is 0. The highest BCUT2D eigenvalue weighted by Gasteiger charge is 2.33. The molecule has 0 unspecified atom stereocenters. The molecule has 7 nitrogen and oxygen atoms in total. The first-order valence-corrected chi connectivity index (χ1v) is 9.11. The minimum atomic E-state index is 0.502. The maximum absolute atomic E-state index is 5.54. The van der Waals surface area contributed by atoms with E-state index in [2.05, 4.69) is 44.3 Å². The minimum absolute atomic E-state index is 0.502. The van der Waals surface area contributed by atoms with Crippen LogP contribution in [0.1, 0.15) is 41.5 Å². The van der Waals surface area contributed by atoms with Crippen molar-refractivity contribution in [3.63, 3.8) is 0 Å². The van der Waals surface area contributed by atoms with Crippen LogP contribution in [0.25, 0.3) is 0 Å². The van der Waals surface area contributed by atoms with E-state index in [4.69, 9.17) is 9.26 Å². The number of nitrogens with zero attached hydrogens (tertiary/aromatic N) is 5. The fourth-order valence-electron chi connectivity index (χ4n) is 3.59. The van der Waals surface area contributed by atoms with Crippen molar-refractivity contribution in [1.82, 2.24) is 20.3 Å². The summed E-state index contributed by atoms with van der Waals surface area (Å²) in [4.78, 5) is 4.63. The van der Waals surface area contributed by atoms with Crippen molar-refractivity contribution in [2.75, 3.05) is 31.6 Å². The van der Waals surface area contributed by atoms with Crippen molar-refractivity contribution in [3.8, 4) is 0 Å². The van der Waals surface area contributed by atoms with E-state index < -0.39 is 0 Å². The summed E-state index contributed by atoms with van der Waals surface area (Å²) in [6, 6.07) is 4.75. The highest BCUT2D eigenvalue weighted by Crippen LogP contribution is 2.39. The van der Waals surface area contributed by atoms with Crippen LogP contribution in [0.5, 0.6) is 0 Å². The molecule has 4 heterocycles. The first kappa shape index (κ1) is 15.3. The molecular formula is C18H23N5O2. The first-order valence-electron chi connectivity index (χ1n) is 9.11. The number of hydrogen-bond acceptors (Lipinski definition) is 7. The molecule has 2 aromatic rings. The van der Waals surface area contributed by atoms with Crippen molar-refractivity contribution in [1.29, 1.82) is 0 Å². The summed E-state index contributed by atoms with van der Waals surface area (Å²) in [6.07, 6.45) is 3.36. The summed E-state index contributed by atoms with van der Waals surface area (Å²) in [6.45, 7) is 4.11. The number of aromatic nitrogens is 3. The molecule has 2 fully saturated rings. The van der Waals surface area contributed by atoms with E-state index in [1.807, 2.05) is 0 Å².